The number of pyridine rings is 1. The maximum atomic E-state index is 13.6. The normalized spacial score (nSPS) is 13.1. The molecule has 0 aliphatic carbocycles. The number of nitrogens with zero attached hydrogens (tertiary/aromatic N) is 2. The Hall–Kier alpha value is -3.16. The summed E-state index contributed by atoms with van der Waals surface area (Å²) in [6, 6.07) is 7.52. The molecular formula is C25H28F3N3O2. The van der Waals surface area contributed by atoms with Gasteiger partial charge in [-0.3, -0.25) is 4.79 Å². The first kappa shape index (κ1) is 24.5. The molecular weight excluding hydrogens is 431 g/mol. The maximum Gasteiger partial charge on any atom is 0.416 e. The van der Waals surface area contributed by atoms with Gasteiger partial charge in [-0.25, -0.2) is 10.1 Å². The molecule has 0 aliphatic heterocycles. The molecule has 0 unspecified atom stereocenters. The van der Waals surface area contributed by atoms with Gasteiger partial charge >= 0.3 is 6.18 Å². The van der Waals surface area contributed by atoms with E-state index >= 15 is 0 Å². The second-order valence-corrected chi connectivity index (χ2v) is 9.49. The average molecular weight is 460 g/mol. The van der Waals surface area contributed by atoms with Gasteiger partial charge in [-0.1, -0.05) is 39.8 Å². The number of alkyl halides is 3. The molecule has 3 rings (SSSR count). The fraction of sp³-hybridized carbons (Fsp3) is 0.400. The van der Waals surface area contributed by atoms with Gasteiger partial charge in [0.25, 0.3) is 5.56 Å². The lowest BCUT2D eigenvalue weighted by Gasteiger charge is -2.24. The molecule has 1 aromatic carbocycles. The molecule has 0 saturated carbocycles. The van der Waals surface area contributed by atoms with Crippen LogP contribution in [0.2, 0.25) is 0 Å². The second kappa shape index (κ2) is 9.37. The number of ether oxygens (including phenoxy) is 1. The molecule has 0 bridgehead atoms. The summed E-state index contributed by atoms with van der Waals surface area (Å²) in [4.78, 5) is 16.0. The lowest BCUT2D eigenvalue weighted by Crippen LogP contribution is -2.14. The van der Waals surface area contributed by atoms with E-state index in [4.69, 9.17) is 4.74 Å². The summed E-state index contributed by atoms with van der Waals surface area (Å²) in [5, 5.41) is 6.17. The molecule has 8 heteroatoms. The van der Waals surface area contributed by atoms with Gasteiger partial charge in [0, 0.05) is 29.0 Å². The highest BCUT2D eigenvalue weighted by Gasteiger charge is 2.34. The predicted octanol–water partition coefficient (Wildman–Crippen LogP) is 6.28. The van der Waals surface area contributed by atoms with Crippen LogP contribution in [0.15, 0.2) is 47.5 Å². The number of aromatic amines is 1. The minimum Gasteiger partial charge on any atom is -0.473 e. The minimum atomic E-state index is -4.49. The van der Waals surface area contributed by atoms with E-state index in [9.17, 15) is 18.0 Å². The summed E-state index contributed by atoms with van der Waals surface area (Å²) in [6.45, 7) is 9.71. The Bertz CT molecular complexity index is 1180. The molecule has 1 atom stereocenters. The van der Waals surface area contributed by atoms with E-state index in [1.54, 1.807) is 31.2 Å². The molecule has 2 aromatic heterocycles. The molecule has 3 aromatic rings. The van der Waals surface area contributed by atoms with Crippen LogP contribution in [0.3, 0.4) is 0 Å². The van der Waals surface area contributed by atoms with Crippen LogP contribution in [-0.4, -0.2) is 15.2 Å². The van der Waals surface area contributed by atoms with Crippen molar-refractivity contribution in [1.29, 1.82) is 0 Å². The van der Waals surface area contributed by atoms with Crippen molar-refractivity contribution in [1.82, 2.24) is 15.2 Å². The van der Waals surface area contributed by atoms with Crippen molar-refractivity contribution >= 4 is 0 Å². The monoisotopic (exact) mass is 459 g/mol. The summed E-state index contributed by atoms with van der Waals surface area (Å²) < 4.78 is 46.6. The van der Waals surface area contributed by atoms with Gasteiger partial charge in [0.05, 0.1) is 11.8 Å². The van der Waals surface area contributed by atoms with Gasteiger partial charge in [-0.05, 0) is 47.9 Å². The minimum absolute atomic E-state index is 0.0509. The van der Waals surface area contributed by atoms with Crippen molar-refractivity contribution in [2.75, 3.05) is 0 Å². The van der Waals surface area contributed by atoms with Crippen LogP contribution >= 0.6 is 0 Å². The Kier molecular flexibility index (Phi) is 6.95. The molecule has 0 amide bonds. The van der Waals surface area contributed by atoms with E-state index in [0.717, 1.165) is 18.1 Å². The van der Waals surface area contributed by atoms with E-state index in [-0.39, 0.29) is 34.9 Å². The second-order valence-electron chi connectivity index (χ2n) is 9.49. The van der Waals surface area contributed by atoms with E-state index in [2.05, 4.69) is 36.0 Å². The molecule has 0 spiro atoms. The third kappa shape index (κ3) is 6.21. The van der Waals surface area contributed by atoms with Gasteiger partial charge < -0.3 is 4.74 Å². The van der Waals surface area contributed by atoms with Crippen LogP contribution in [-0.2, 0) is 12.8 Å². The maximum absolute atomic E-state index is 13.6. The van der Waals surface area contributed by atoms with Crippen LogP contribution in [0.25, 0.3) is 11.1 Å². The first-order valence-electron chi connectivity index (χ1n) is 10.7. The quantitative estimate of drug-likeness (QED) is 0.471. The van der Waals surface area contributed by atoms with E-state index in [0.29, 0.717) is 16.7 Å². The van der Waals surface area contributed by atoms with E-state index in [1.165, 1.54) is 12.4 Å². The highest BCUT2D eigenvalue weighted by atomic mass is 19.4. The van der Waals surface area contributed by atoms with Gasteiger partial charge in [0.2, 0.25) is 5.88 Å². The van der Waals surface area contributed by atoms with Crippen LogP contribution in [0.1, 0.15) is 62.3 Å². The van der Waals surface area contributed by atoms with Crippen LogP contribution in [0, 0.1) is 12.3 Å². The van der Waals surface area contributed by atoms with Crippen LogP contribution < -0.4 is 10.3 Å². The highest BCUT2D eigenvalue weighted by molar-refractivity contribution is 5.66. The smallest absolute Gasteiger partial charge is 0.416 e. The average Bonchev–Trinajstić information content (AvgIpc) is 2.72. The van der Waals surface area contributed by atoms with Crippen molar-refractivity contribution in [2.24, 2.45) is 5.41 Å². The zero-order chi connectivity index (χ0) is 24.4. The number of aromatic nitrogens is 3. The summed E-state index contributed by atoms with van der Waals surface area (Å²) in [7, 11) is 0. The Morgan fingerprint density at radius 2 is 1.85 bits per heavy atom. The predicted molar refractivity (Wildman–Crippen MR) is 121 cm³/mol. The van der Waals surface area contributed by atoms with Crippen LogP contribution in [0.5, 0.6) is 5.88 Å². The first-order valence-corrected chi connectivity index (χ1v) is 10.7. The number of rotatable bonds is 6. The Balaban J connectivity index is 1.89. The summed E-state index contributed by atoms with van der Waals surface area (Å²) in [6.07, 6.45) is -0.658. The highest BCUT2D eigenvalue weighted by Crippen LogP contribution is 2.36. The Labute approximate surface area is 191 Å². The fourth-order valence-electron chi connectivity index (χ4n) is 3.91. The lowest BCUT2D eigenvalue weighted by molar-refractivity contribution is -0.138. The molecule has 33 heavy (non-hydrogen) atoms. The van der Waals surface area contributed by atoms with Crippen LogP contribution in [0.4, 0.5) is 13.2 Å². The molecule has 0 saturated heterocycles. The van der Waals surface area contributed by atoms with Gasteiger partial charge in [0.1, 0.15) is 6.61 Å². The third-order valence-electron chi connectivity index (χ3n) is 5.45. The third-order valence-corrected chi connectivity index (χ3v) is 5.45. The number of hydrogen-bond donors (Lipinski definition) is 1. The zero-order valence-corrected chi connectivity index (χ0v) is 19.4. The van der Waals surface area contributed by atoms with Gasteiger partial charge in [-0.15, -0.1) is 0 Å². The SMILES string of the molecule is Cc1c(-c2ccnc(OCc3cc([C@@H](C)CC(C)(C)C)ccc3C(F)(F)F)c2)cn[nH]c1=O. The fourth-order valence-corrected chi connectivity index (χ4v) is 3.91. The topological polar surface area (TPSA) is 67.9 Å². The molecule has 0 aliphatic rings. The van der Waals surface area contributed by atoms with E-state index < -0.39 is 11.7 Å². The number of H-pyrrole nitrogens is 1. The summed E-state index contributed by atoms with van der Waals surface area (Å²) in [5.41, 5.74) is 1.62. The first-order chi connectivity index (χ1) is 15.3. The summed E-state index contributed by atoms with van der Waals surface area (Å²) in [5.74, 6) is 0.257. The Morgan fingerprint density at radius 1 is 1.12 bits per heavy atom. The molecule has 2 heterocycles. The number of hydrogen-bond acceptors (Lipinski definition) is 4. The van der Waals surface area contributed by atoms with Crippen molar-refractivity contribution < 1.29 is 17.9 Å². The molecule has 0 radical (unpaired) electrons. The van der Waals surface area contributed by atoms with E-state index in [1.807, 2.05) is 6.92 Å². The number of nitrogens with one attached hydrogen (secondary N) is 1. The summed E-state index contributed by atoms with van der Waals surface area (Å²) >= 11 is 0. The standard InChI is InChI=1S/C25H28F3N3O2/c1-15(12-24(3,4)5)17-6-7-21(25(26,27)28)19(10-17)14-33-22-11-18(8-9-29-22)20-13-30-31-23(32)16(20)2/h6-11,13,15H,12,14H2,1-5H3,(H,31,32)/t15-/m0/s1. The number of halogens is 3. The molecule has 5 nitrogen and oxygen atoms in total. The van der Waals surface area contributed by atoms with Gasteiger partial charge in [-0.2, -0.15) is 18.3 Å². The zero-order valence-electron chi connectivity index (χ0n) is 19.4. The van der Waals surface area contributed by atoms with Crippen molar-refractivity contribution in [3.8, 4) is 17.0 Å². The van der Waals surface area contributed by atoms with Crippen molar-refractivity contribution in [2.45, 2.75) is 59.7 Å². The Morgan fingerprint density at radius 3 is 2.52 bits per heavy atom. The largest absolute Gasteiger partial charge is 0.473 e. The van der Waals surface area contributed by atoms with Gasteiger partial charge in [0.15, 0.2) is 0 Å². The van der Waals surface area contributed by atoms with Crippen molar-refractivity contribution in [3.05, 3.63) is 75.3 Å². The molecule has 1 N–H and O–H groups in total. The number of benzene rings is 1. The van der Waals surface area contributed by atoms with Crippen molar-refractivity contribution in [3.63, 3.8) is 0 Å². The molecule has 0 fully saturated rings. The molecule has 176 valence electrons. The lowest BCUT2D eigenvalue weighted by atomic mass is 9.82.